The lowest BCUT2D eigenvalue weighted by molar-refractivity contribution is 0.0951. The van der Waals surface area contributed by atoms with Crippen LogP contribution in [0.25, 0.3) is 0 Å². The summed E-state index contributed by atoms with van der Waals surface area (Å²) in [6, 6.07) is 5.93. The first kappa shape index (κ1) is 17.0. The average molecular weight is 415 g/mol. The van der Waals surface area contributed by atoms with Crippen LogP contribution in [0.4, 0.5) is 0 Å². The molecule has 1 aromatic rings. The largest absolute Gasteiger partial charge is 0.352 e. The molecular formula is C13H17Cl2IN2O. The molecule has 3 nitrogen and oxygen atoms in total. The molecule has 1 fully saturated rings. The van der Waals surface area contributed by atoms with Gasteiger partial charge >= 0.3 is 0 Å². The molecule has 1 atom stereocenters. The van der Waals surface area contributed by atoms with Gasteiger partial charge in [0.05, 0.1) is 5.56 Å². The molecule has 2 rings (SSSR count). The van der Waals surface area contributed by atoms with E-state index in [1.807, 2.05) is 6.07 Å². The van der Waals surface area contributed by atoms with Gasteiger partial charge in [0.15, 0.2) is 0 Å². The predicted octanol–water partition coefficient (Wildman–Crippen LogP) is 3.24. The third-order valence-corrected chi connectivity index (χ3v) is 4.29. The Bertz CT molecular complexity index is 437. The maximum Gasteiger partial charge on any atom is 0.252 e. The molecule has 1 saturated heterocycles. The van der Waals surface area contributed by atoms with Crippen LogP contribution >= 0.6 is 46.6 Å². The number of carbonyl (C=O) groups is 1. The van der Waals surface area contributed by atoms with Crippen LogP contribution in [0.1, 0.15) is 29.6 Å². The number of rotatable bonds is 4. The molecule has 1 aromatic carbocycles. The topological polar surface area (TPSA) is 41.1 Å². The first-order valence-corrected chi connectivity index (χ1v) is 7.59. The van der Waals surface area contributed by atoms with Crippen LogP contribution in [0.15, 0.2) is 18.2 Å². The van der Waals surface area contributed by atoms with E-state index in [1.165, 1.54) is 12.8 Å². The standard InChI is InChI=1S/C13H16ClIN2O.ClH/c14-9-3-4-12(15)11(8-9)13(18)17-7-5-10-2-1-6-16-10;/h3-4,8,10,16H,1-2,5-7H2,(H,17,18);1H/t10-;/m1./s1. The van der Waals surface area contributed by atoms with E-state index in [1.54, 1.807) is 12.1 Å². The Morgan fingerprint density at radius 2 is 2.32 bits per heavy atom. The molecule has 0 spiro atoms. The second-order valence-corrected chi connectivity index (χ2v) is 6.06. The molecule has 1 amide bonds. The van der Waals surface area contributed by atoms with Crippen molar-refractivity contribution in [3.63, 3.8) is 0 Å². The van der Waals surface area contributed by atoms with Crippen LogP contribution in [-0.4, -0.2) is 25.0 Å². The molecule has 19 heavy (non-hydrogen) atoms. The summed E-state index contributed by atoms with van der Waals surface area (Å²) in [7, 11) is 0. The third-order valence-electron chi connectivity index (χ3n) is 3.11. The Morgan fingerprint density at radius 3 is 3.00 bits per heavy atom. The number of benzene rings is 1. The van der Waals surface area contributed by atoms with Crippen molar-refractivity contribution < 1.29 is 4.79 Å². The van der Waals surface area contributed by atoms with Gasteiger partial charge in [0.25, 0.3) is 5.91 Å². The molecular weight excluding hydrogens is 398 g/mol. The number of halogens is 3. The van der Waals surface area contributed by atoms with E-state index in [0.29, 0.717) is 23.2 Å². The fourth-order valence-corrected chi connectivity index (χ4v) is 2.88. The van der Waals surface area contributed by atoms with Gasteiger partial charge in [-0.2, -0.15) is 0 Å². The smallest absolute Gasteiger partial charge is 0.252 e. The summed E-state index contributed by atoms with van der Waals surface area (Å²) in [5.41, 5.74) is 0.655. The van der Waals surface area contributed by atoms with Crippen molar-refractivity contribution in [2.45, 2.75) is 25.3 Å². The molecule has 0 unspecified atom stereocenters. The highest BCUT2D eigenvalue weighted by atomic mass is 127. The minimum atomic E-state index is -0.0418. The maximum atomic E-state index is 12.0. The monoisotopic (exact) mass is 414 g/mol. The van der Waals surface area contributed by atoms with Crippen LogP contribution in [0, 0.1) is 3.57 Å². The quantitative estimate of drug-likeness (QED) is 0.742. The Morgan fingerprint density at radius 1 is 1.53 bits per heavy atom. The van der Waals surface area contributed by atoms with Gasteiger partial charge in [-0.1, -0.05) is 11.6 Å². The van der Waals surface area contributed by atoms with E-state index >= 15 is 0 Å². The highest BCUT2D eigenvalue weighted by molar-refractivity contribution is 14.1. The second-order valence-electron chi connectivity index (χ2n) is 4.46. The van der Waals surface area contributed by atoms with Gasteiger partial charge in [0.1, 0.15) is 0 Å². The number of carbonyl (C=O) groups excluding carboxylic acids is 1. The van der Waals surface area contributed by atoms with Gasteiger partial charge in [0.2, 0.25) is 0 Å². The zero-order chi connectivity index (χ0) is 13.0. The van der Waals surface area contributed by atoms with Crippen molar-refractivity contribution in [1.82, 2.24) is 10.6 Å². The van der Waals surface area contributed by atoms with Crippen LogP contribution in [0.3, 0.4) is 0 Å². The minimum absolute atomic E-state index is 0. The molecule has 106 valence electrons. The Labute approximate surface area is 138 Å². The Kier molecular flexibility index (Phi) is 7.42. The van der Waals surface area contributed by atoms with Gasteiger partial charge in [0, 0.05) is 21.2 Å². The van der Waals surface area contributed by atoms with Crippen molar-refractivity contribution in [3.05, 3.63) is 32.4 Å². The van der Waals surface area contributed by atoms with Gasteiger partial charge in [-0.05, 0) is 66.6 Å². The Hall–Kier alpha value is -0.0400. The Balaban J connectivity index is 0.00000180. The van der Waals surface area contributed by atoms with E-state index in [0.717, 1.165) is 16.5 Å². The average Bonchev–Trinajstić information content (AvgIpc) is 2.85. The van der Waals surface area contributed by atoms with Crippen LogP contribution < -0.4 is 10.6 Å². The van der Waals surface area contributed by atoms with E-state index in [4.69, 9.17) is 11.6 Å². The van der Waals surface area contributed by atoms with Gasteiger partial charge < -0.3 is 10.6 Å². The molecule has 0 saturated carbocycles. The predicted molar refractivity (Wildman–Crippen MR) is 89.4 cm³/mol. The zero-order valence-corrected chi connectivity index (χ0v) is 14.1. The number of amides is 1. The highest BCUT2D eigenvalue weighted by Gasteiger charge is 2.15. The normalized spacial score (nSPS) is 17.9. The maximum absolute atomic E-state index is 12.0. The van der Waals surface area contributed by atoms with Crippen molar-refractivity contribution in [1.29, 1.82) is 0 Å². The molecule has 1 aliphatic heterocycles. The molecule has 0 bridgehead atoms. The van der Waals surface area contributed by atoms with Crippen molar-refractivity contribution in [3.8, 4) is 0 Å². The lowest BCUT2D eigenvalue weighted by Gasteiger charge is -2.11. The lowest BCUT2D eigenvalue weighted by Crippen LogP contribution is -2.30. The van der Waals surface area contributed by atoms with E-state index in [9.17, 15) is 4.79 Å². The van der Waals surface area contributed by atoms with Gasteiger partial charge in [-0.3, -0.25) is 4.79 Å². The summed E-state index contributed by atoms with van der Waals surface area (Å²) in [4.78, 5) is 12.0. The summed E-state index contributed by atoms with van der Waals surface area (Å²) in [6.07, 6.45) is 3.44. The van der Waals surface area contributed by atoms with E-state index < -0.39 is 0 Å². The fourth-order valence-electron chi connectivity index (χ4n) is 2.13. The molecule has 0 aromatic heterocycles. The van der Waals surface area contributed by atoms with Gasteiger partial charge in [-0.25, -0.2) is 0 Å². The molecule has 1 aliphatic rings. The third kappa shape index (κ3) is 5.10. The minimum Gasteiger partial charge on any atom is -0.352 e. The number of hydrogen-bond donors (Lipinski definition) is 2. The van der Waals surface area contributed by atoms with Crippen molar-refractivity contribution in [2.24, 2.45) is 0 Å². The van der Waals surface area contributed by atoms with E-state index in [2.05, 4.69) is 33.2 Å². The molecule has 6 heteroatoms. The number of hydrogen-bond acceptors (Lipinski definition) is 2. The van der Waals surface area contributed by atoms with Crippen molar-refractivity contribution in [2.75, 3.05) is 13.1 Å². The van der Waals surface area contributed by atoms with Crippen LogP contribution in [-0.2, 0) is 0 Å². The van der Waals surface area contributed by atoms with E-state index in [-0.39, 0.29) is 18.3 Å². The second kappa shape index (κ2) is 8.29. The zero-order valence-electron chi connectivity index (χ0n) is 10.4. The van der Waals surface area contributed by atoms with Crippen molar-refractivity contribution >= 4 is 52.5 Å². The molecule has 0 radical (unpaired) electrons. The van der Waals surface area contributed by atoms with Crippen LogP contribution in [0.2, 0.25) is 5.02 Å². The molecule has 0 aliphatic carbocycles. The summed E-state index contributed by atoms with van der Waals surface area (Å²) >= 11 is 8.06. The first-order chi connectivity index (χ1) is 8.66. The fraction of sp³-hybridized carbons (Fsp3) is 0.462. The SMILES string of the molecule is Cl.O=C(NCC[C@H]1CCCN1)c1cc(Cl)ccc1I. The summed E-state index contributed by atoms with van der Waals surface area (Å²) < 4.78 is 0.925. The summed E-state index contributed by atoms with van der Waals surface area (Å²) in [5, 5.41) is 6.96. The molecule has 2 N–H and O–H groups in total. The number of nitrogens with one attached hydrogen (secondary N) is 2. The first-order valence-electron chi connectivity index (χ1n) is 6.13. The van der Waals surface area contributed by atoms with Crippen LogP contribution in [0.5, 0.6) is 0 Å². The highest BCUT2D eigenvalue weighted by Crippen LogP contribution is 2.17. The lowest BCUT2D eigenvalue weighted by atomic mass is 10.1. The molecule has 1 heterocycles. The van der Waals surface area contributed by atoms with Gasteiger partial charge in [-0.15, -0.1) is 12.4 Å². The summed E-state index contributed by atoms with van der Waals surface area (Å²) in [6.45, 7) is 1.81. The summed E-state index contributed by atoms with van der Waals surface area (Å²) in [5.74, 6) is -0.0418.